The number of fused-ring (bicyclic) bond motifs is 1. The molecule has 0 amide bonds. The SMILES string of the molecule is O=C1C=CC(=O)OC2(CCC3(CCN(C4CC5CCCCC5C4)CC3)N2c2ccccc2)O1. The Morgan fingerprint density at radius 2 is 1.39 bits per heavy atom. The number of rotatable bonds is 2. The maximum absolute atomic E-state index is 12.4. The van der Waals surface area contributed by atoms with Gasteiger partial charge in [0.15, 0.2) is 0 Å². The molecule has 4 fully saturated rings. The van der Waals surface area contributed by atoms with Gasteiger partial charge in [0, 0.05) is 43.4 Å². The first-order valence-corrected chi connectivity index (χ1v) is 12.8. The van der Waals surface area contributed by atoms with Crippen molar-refractivity contribution in [1.29, 1.82) is 0 Å². The molecule has 3 heterocycles. The van der Waals surface area contributed by atoms with E-state index in [4.69, 9.17) is 9.47 Å². The Morgan fingerprint density at radius 1 is 0.788 bits per heavy atom. The average molecular weight is 451 g/mol. The van der Waals surface area contributed by atoms with Gasteiger partial charge in [0.05, 0.1) is 5.54 Å². The molecule has 6 heteroatoms. The lowest BCUT2D eigenvalue weighted by molar-refractivity contribution is -0.217. The largest absolute Gasteiger partial charge is 0.400 e. The van der Waals surface area contributed by atoms with Crippen molar-refractivity contribution in [2.45, 2.75) is 81.7 Å². The normalized spacial score (nSPS) is 33.1. The van der Waals surface area contributed by atoms with Gasteiger partial charge in [-0.3, -0.25) is 4.90 Å². The van der Waals surface area contributed by atoms with E-state index in [0.29, 0.717) is 12.5 Å². The Hall–Kier alpha value is -2.34. The van der Waals surface area contributed by atoms with Crippen molar-refractivity contribution in [2.24, 2.45) is 11.8 Å². The average Bonchev–Trinajstić information content (AvgIpc) is 3.34. The molecule has 176 valence electrons. The lowest BCUT2D eigenvalue weighted by Gasteiger charge is -2.50. The molecule has 2 spiro atoms. The molecular weight excluding hydrogens is 416 g/mol. The van der Waals surface area contributed by atoms with E-state index in [0.717, 1.165) is 49.9 Å². The highest BCUT2D eigenvalue weighted by Crippen LogP contribution is 2.52. The molecule has 2 saturated carbocycles. The molecule has 1 aromatic rings. The van der Waals surface area contributed by atoms with Crippen LogP contribution in [0.3, 0.4) is 0 Å². The van der Waals surface area contributed by atoms with Crippen molar-refractivity contribution in [3.63, 3.8) is 0 Å². The van der Waals surface area contributed by atoms with E-state index in [-0.39, 0.29) is 5.54 Å². The number of piperidine rings is 1. The first kappa shape index (κ1) is 21.2. The summed E-state index contributed by atoms with van der Waals surface area (Å²) in [5.74, 6) is -0.543. The van der Waals surface area contributed by atoms with Crippen LogP contribution in [0, 0.1) is 11.8 Å². The number of hydrogen-bond donors (Lipinski definition) is 0. The Balaban J connectivity index is 1.25. The minimum Gasteiger partial charge on any atom is -0.400 e. The number of para-hydroxylation sites is 1. The molecule has 0 bridgehead atoms. The number of benzene rings is 1. The van der Waals surface area contributed by atoms with E-state index in [1.54, 1.807) is 0 Å². The molecular formula is C27H34N2O4. The monoisotopic (exact) mass is 450 g/mol. The Bertz CT molecular complexity index is 903. The zero-order valence-corrected chi connectivity index (χ0v) is 19.3. The van der Waals surface area contributed by atoms with E-state index in [2.05, 4.69) is 9.80 Å². The molecule has 0 radical (unpaired) electrons. The van der Waals surface area contributed by atoms with Crippen LogP contribution in [0.2, 0.25) is 0 Å². The van der Waals surface area contributed by atoms with Crippen molar-refractivity contribution in [3.8, 4) is 0 Å². The third-order valence-electron chi connectivity index (χ3n) is 9.07. The highest BCUT2D eigenvalue weighted by Gasteiger charge is 2.61. The summed E-state index contributed by atoms with van der Waals surface area (Å²) in [5.41, 5.74) is 0.756. The number of esters is 2. The number of ether oxygens (including phenoxy) is 2. The van der Waals surface area contributed by atoms with Crippen LogP contribution in [0.25, 0.3) is 0 Å². The van der Waals surface area contributed by atoms with E-state index in [1.165, 1.54) is 50.7 Å². The van der Waals surface area contributed by atoms with Gasteiger partial charge in [-0.05, 0) is 56.1 Å². The maximum Gasteiger partial charge on any atom is 0.343 e. The molecule has 33 heavy (non-hydrogen) atoms. The second-order valence-corrected chi connectivity index (χ2v) is 10.7. The van der Waals surface area contributed by atoms with Crippen LogP contribution in [0.5, 0.6) is 0 Å². The van der Waals surface area contributed by atoms with Gasteiger partial charge in [-0.1, -0.05) is 43.9 Å². The van der Waals surface area contributed by atoms with Crippen LogP contribution in [0.15, 0.2) is 42.5 Å². The van der Waals surface area contributed by atoms with Gasteiger partial charge in [-0.15, -0.1) is 0 Å². The highest BCUT2D eigenvalue weighted by atomic mass is 16.8. The summed E-state index contributed by atoms with van der Waals surface area (Å²) in [6, 6.07) is 10.7. The lowest BCUT2D eigenvalue weighted by Crippen LogP contribution is -2.61. The molecule has 3 aliphatic heterocycles. The molecule has 5 aliphatic rings. The van der Waals surface area contributed by atoms with Crippen molar-refractivity contribution >= 4 is 17.6 Å². The Kier molecular flexibility index (Phi) is 5.24. The lowest BCUT2D eigenvalue weighted by atomic mass is 9.82. The predicted octanol–water partition coefficient (Wildman–Crippen LogP) is 4.40. The molecule has 1 aromatic carbocycles. The van der Waals surface area contributed by atoms with Crippen molar-refractivity contribution in [3.05, 3.63) is 42.5 Å². The maximum atomic E-state index is 12.4. The molecule has 0 N–H and O–H groups in total. The minimum atomic E-state index is -1.37. The number of anilines is 1. The van der Waals surface area contributed by atoms with Crippen LogP contribution >= 0.6 is 0 Å². The third kappa shape index (κ3) is 3.67. The van der Waals surface area contributed by atoms with Gasteiger partial charge in [0.1, 0.15) is 0 Å². The molecule has 2 aliphatic carbocycles. The highest BCUT2D eigenvalue weighted by molar-refractivity contribution is 5.93. The number of likely N-dealkylation sites (tertiary alicyclic amines) is 1. The summed E-state index contributed by atoms with van der Waals surface area (Å²) in [7, 11) is 0. The Morgan fingerprint density at radius 3 is 2.00 bits per heavy atom. The molecule has 2 atom stereocenters. The predicted molar refractivity (Wildman–Crippen MR) is 124 cm³/mol. The summed E-state index contributed by atoms with van der Waals surface area (Å²) in [6.45, 7) is 2.09. The number of nitrogens with zero attached hydrogens (tertiary/aromatic N) is 2. The van der Waals surface area contributed by atoms with Gasteiger partial charge < -0.3 is 14.4 Å². The van der Waals surface area contributed by atoms with Crippen LogP contribution in [0.4, 0.5) is 5.69 Å². The summed E-state index contributed by atoms with van der Waals surface area (Å²) >= 11 is 0. The van der Waals surface area contributed by atoms with Gasteiger partial charge in [0.25, 0.3) is 0 Å². The first-order chi connectivity index (χ1) is 16.1. The van der Waals surface area contributed by atoms with Crippen LogP contribution in [0.1, 0.15) is 64.2 Å². The van der Waals surface area contributed by atoms with E-state index in [9.17, 15) is 9.59 Å². The summed E-state index contributed by atoms with van der Waals surface area (Å²) in [5, 5.41) is 0. The molecule has 0 aromatic heterocycles. The van der Waals surface area contributed by atoms with Crippen LogP contribution in [-0.2, 0) is 19.1 Å². The van der Waals surface area contributed by atoms with E-state index < -0.39 is 17.8 Å². The zero-order chi connectivity index (χ0) is 22.5. The number of carbonyl (C=O) groups is 2. The topological polar surface area (TPSA) is 59.1 Å². The second-order valence-electron chi connectivity index (χ2n) is 10.7. The van der Waals surface area contributed by atoms with Gasteiger partial charge in [0.2, 0.25) is 0 Å². The second kappa shape index (κ2) is 8.15. The summed E-state index contributed by atoms with van der Waals surface area (Å²) in [6.07, 6.45) is 14.1. The number of hydrogen-bond acceptors (Lipinski definition) is 6. The molecule has 2 saturated heterocycles. The molecule has 6 rings (SSSR count). The van der Waals surface area contributed by atoms with Crippen molar-refractivity contribution in [1.82, 2.24) is 4.90 Å². The smallest absolute Gasteiger partial charge is 0.343 e. The van der Waals surface area contributed by atoms with E-state index >= 15 is 0 Å². The fraction of sp³-hybridized carbons (Fsp3) is 0.630. The fourth-order valence-electron chi connectivity index (χ4n) is 7.53. The Labute approximate surface area is 195 Å². The summed E-state index contributed by atoms with van der Waals surface area (Å²) < 4.78 is 11.7. The third-order valence-corrected chi connectivity index (χ3v) is 9.07. The minimum absolute atomic E-state index is 0.186. The zero-order valence-electron chi connectivity index (χ0n) is 19.3. The van der Waals surface area contributed by atoms with Crippen molar-refractivity contribution in [2.75, 3.05) is 18.0 Å². The summed E-state index contributed by atoms with van der Waals surface area (Å²) in [4.78, 5) is 29.7. The fourth-order valence-corrected chi connectivity index (χ4v) is 7.53. The molecule has 2 unspecified atom stereocenters. The quantitative estimate of drug-likeness (QED) is 0.623. The number of carbonyl (C=O) groups excluding carboxylic acids is 2. The van der Waals surface area contributed by atoms with Gasteiger partial charge in [-0.25, -0.2) is 9.59 Å². The van der Waals surface area contributed by atoms with Crippen LogP contribution < -0.4 is 4.90 Å². The van der Waals surface area contributed by atoms with Crippen molar-refractivity contribution < 1.29 is 19.1 Å². The van der Waals surface area contributed by atoms with Gasteiger partial charge >= 0.3 is 17.8 Å². The van der Waals surface area contributed by atoms with Gasteiger partial charge in [-0.2, -0.15) is 0 Å². The first-order valence-electron chi connectivity index (χ1n) is 12.8. The van der Waals surface area contributed by atoms with Crippen LogP contribution in [-0.4, -0.2) is 47.4 Å². The molecule has 6 nitrogen and oxygen atoms in total. The van der Waals surface area contributed by atoms with E-state index in [1.807, 2.05) is 30.3 Å². The standard InChI is InChI=1S/C27H34N2O4/c30-24-10-11-25(31)33-27(32-24)13-12-26(29(27)22-8-2-1-3-9-22)14-16-28(17-15-26)23-18-20-6-4-5-7-21(20)19-23/h1-3,8-11,20-21,23H,4-7,12-19H2.